The number of hydrogen-bond donors (Lipinski definition) is 0. The van der Waals surface area contributed by atoms with Gasteiger partial charge in [-0.05, 0) is 18.6 Å². The lowest BCUT2D eigenvalue weighted by atomic mass is 9.89. The average Bonchev–Trinajstić information content (AvgIpc) is 2.46. The topological polar surface area (TPSA) is 86.5 Å². The SMILES string of the molecule is CCC1(COC(=O)c2ccc([N+](=O)[O-])cc2)CSC1=O. The monoisotopic (exact) mass is 295 g/mol. The van der Waals surface area contributed by atoms with Crippen molar-refractivity contribution < 1.29 is 19.2 Å². The van der Waals surface area contributed by atoms with E-state index in [1.807, 2.05) is 6.92 Å². The van der Waals surface area contributed by atoms with Gasteiger partial charge in [-0.3, -0.25) is 14.9 Å². The lowest BCUT2D eigenvalue weighted by Crippen LogP contribution is -2.45. The van der Waals surface area contributed by atoms with Gasteiger partial charge >= 0.3 is 5.97 Å². The number of non-ortho nitro benzene ring substituents is 1. The normalized spacial score (nSPS) is 21.1. The Labute approximate surface area is 119 Å². The number of nitro groups is 1. The van der Waals surface area contributed by atoms with Gasteiger partial charge in [-0.2, -0.15) is 0 Å². The summed E-state index contributed by atoms with van der Waals surface area (Å²) in [6, 6.07) is 5.18. The van der Waals surface area contributed by atoms with Crippen molar-refractivity contribution >= 4 is 28.5 Å². The van der Waals surface area contributed by atoms with Crippen molar-refractivity contribution in [2.45, 2.75) is 13.3 Å². The van der Waals surface area contributed by atoms with E-state index >= 15 is 0 Å². The van der Waals surface area contributed by atoms with Crippen molar-refractivity contribution in [2.24, 2.45) is 5.41 Å². The van der Waals surface area contributed by atoms with Crippen LogP contribution in [0.5, 0.6) is 0 Å². The summed E-state index contributed by atoms with van der Waals surface area (Å²) in [6.07, 6.45) is 0.631. The van der Waals surface area contributed by atoms with Gasteiger partial charge in [0.25, 0.3) is 5.69 Å². The molecule has 1 unspecified atom stereocenters. The van der Waals surface area contributed by atoms with Gasteiger partial charge in [0.05, 0.1) is 15.9 Å². The fourth-order valence-electron chi connectivity index (χ4n) is 1.79. The lowest BCUT2D eigenvalue weighted by Gasteiger charge is -2.37. The number of esters is 1. The van der Waals surface area contributed by atoms with E-state index in [0.29, 0.717) is 12.2 Å². The summed E-state index contributed by atoms with van der Waals surface area (Å²) >= 11 is 1.24. The molecule has 0 aromatic heterocycles. The number of nitro benzene ring substituents is 1. The van der Waals surface area contributed by atoms with Gasteiger partial charge in [0.1, 0.15) is 6.61 Å². The Balaban J connectivity index is 1.98. The molecule has 1 saturated heterocycles. The molecule has 1 atom stereocenters. The summed E-state index contributed by atoms with van der Waals surface area (Å²) < 4.78 is 5.15. The molecule has 0 bridgehead atoms. The molecule has 1 aliphatic rings. The zero-order valence-electron chi connectivity index (χ0n) is 10.8. The summed E-state index contributed by atoms with van der Waals surface area (Å²) in [6.45, 7) is 1.95. The van der Waals surface area contributed by atoms with Crippen LogP contribution in [0, 0.1) is 15.5 Å². The van der Waals surface area contributed by atoms with Crippen LogP contribution >= 0.6 is 11.8 Å². The molecule has 0 spiro atoms. The van der Waals surface area contributed by atoms with Gasteiger partial charge in [0, 0.05) is 17.9 Å². The zero-order valence-corrected chi connectivity index (χ0v) is 11.6. The molecule has 2 rings (SSSR count). The first-order valence-electron chi connectivity index (χ1n) is 6.07. The van der Waals surface area contributed by atoms with E-state index in [-0.39, 0.29) is 23.0 Å². The van der Waals surface area contributed by atoms with E-state index in [1.165, 1.54) is 36.0 Å². The highest BCUT2D eigenvalue weighted by atomic mass is 32.2. The molecule has 0 N–H and O–H groups in total. The second-order valence-electron chi connectivity index (χ2n) is 4.59. The minimum absolute atomic E-state index is 0.0523. The molecular weight excluding hydrogens is 282 g/mol. The molecule has 6 nitrogen and oxygen atoms in total. The first-order valence-corrected chi connectivity index (χ1v) is 7.06. The van der Waals surface area contributed by atoms with E-state index in [1.54, 1.807) is 0 Å². The number of carbonyl (C=O) groups is 2. The number of rotatable bonds is 5. The molecule has 20 heavy (non-hydrogen) atoms. The highest BCUT2D eigenvalue weighted by Crippen LogP contribution is 2.42. The second kappa shape index (κ2) is 5.62. The van der Waals surface area contributed by atoms with Crippen LogP contribution < -0.4 is 0 Å². The van der Waals surface area contributed by atoms with E-state index in [4.69, 9.17) is 4.74 Å². The van der Waals surface area contributed by atoms with Gasteiger partial charge in [-0.1, -0.05) is 18.7 Å². The van der Waals surface area contributed by atoms with Crippen LogP contribution in [0.4, 0.5) is 5.69 Å². The summed E-state index contributed by atoms with van der Waals surface area (Å²) in [5, 5.41) is 10.6. The quantitative estimate of drug-likeness (QED) is 0.471. The first kappa shape index (κ1) is 14.5. The smallest absolute Gasteiger partial charge is 0.338 e. The van der Waals surface area contributed by atoms with Crippen LogP contribution in [-0.2, 0) is 9.53 Å². The van der Waals surface area contributed by atoms with Crippen LogP contribution in [0.15, 0.2) is 24.3 Å². The Kier molecular flexibility index (Phi) is 4.08. The van der Waals surface area contributed by atoms with Gasteiger partial charge in [0.15, 0.2) is 5.12 Å². The van der Waals surface area contributed by atoms with Crippen molar-refractivity contribution in [1.29, 1.82) is 0 Å². The first-order chi connectivity index (χ1) is 9.48. The Bertz CT molecular complexity index is 552. The summed E-state index contributed by atoms with van der Waals surface area (Å²) in [7, 11) is 0. The maximum Gasteiger partial charge on any atom is 0.338 e. The summed E-state index contributed by atoms with van der Waals surface area (Å²) in [5.41, 5.74) is -0.403. The fraction of sp³-hybridized carbons (Fsp3) is 0.385. The Hall–Kier alpha value is -1.89. The van der Waals surface area contributed by atoms with Crippen molar-refractivity contribution in [1.82, 2.24) is 0 Å². The van der Waals surface area contributed by atoms with E-state index in [9.17, 15) is 19.7 Å². The van der Waals surface area contributed by atoms with Crippen LogP contribution in [0.2, 0.25) is 0 Å². The predicted molar refractivity (Wildman–Crippen MR) is 73.6 cm³/mol. The third-order valence-corrected chi connectivity index (χ3v) is 4.77. The third kappa shape index (κ3) is 2.67. The number of ether oxygens (including phenoxy) is 1. The standard InChI is InChI=1S/C13H13NO5S/c1-2-13(8-20-12(13)16)7-19-11(15)9-3-5-10(6-4-9)14(17)18/h3-6H,2,7-8H2,1H3. The van der Waals surface area contributed by atoms with Crippen LogP contribution in [0.1, 0.15) is 23.7 Å². The predicted octanol–water partition coefficient (Wildman–Crippen LogP) is 2.42. The molecule has 106 valence electrons. The van der Waals surface area contributed by atoms with E-state index in [0.717, 1.165) is 0 Å². The zero-order chi connectivity index (χ0) is 14.8. The molecule has 0 saturated carbocycles. The molecule has 7 heteroatoms. The third-order valence-electron chi connectivity index (χ3n) is 3.38. The average molecular weight is 295 g/mol. The van der Waals surface area contributed by atoms with Crippen molar-refractivity contribution in [2.75, 3.05) is 12.4 Å². The molecule has 1 fully saturated rings. The van der Waals surface area contributed by atoms with E-state index in [2.05, 4.69) is 0 Å². The highest BCUT2D eigenvalue weighted by molar-refractivity contribution is 8.15. The number of nitrogens with zero attached hydrogens (tertiary/aromatic N) is 1. The fourth-order valence-corrected chi connectivity index (χ4v) is 2.95. The Morgan fingerprint density at radius 1 is 1.45 bits per heavy atom. The number of carbonyl (C=O) groups excluding carboxylic acids is 2. The van der Waals surface area contributed by atoms with Crippen LogP contribution in [0.3, 0.4) is 0 Å². The number of hydrogen-bond acceptors (Lipinski definition) is 6. The highest BCUT2D eigenvalue weighted by Gasteiger charge is 2.46. The van der Waals surface area contributed by atoms with Crippen LogP contribution in [-0.4, -0.2) is 28.4 Å². The maximum absolute atomic E-state index is 11.8. The molecule has 1 heterocycles. The summed E-state index contributed by atoms with van der Waals surface area (Å²) in [4.78, 5) is 33.3. The summed E-state index contributed by atoms with van der Waals surface area (Å²) in [5.74, 6) is 0.0907. The molecule has 0 aliphatic carbocycles. The van der Waals surface area contributed by atoms with Gasteiger partial charge < -0.3 is 4.74 Å². The van der Waals surface area contributed by atoms with Gasteiger partial charge in [-0.25, -0.2) is 4.79 Å². The van der Waals surface area contributed by atoms with Crippen LogP contribution in [0.25, 0.3) is 0 Å². The Morgan fingerprint density at radius 2 is 2.10 bits per heavy atom. The molecule has 0 radical (unpaired) electrons. The van der Waals surface area contributed by atoms with Crippen molar-refractivity contribution in [3.63, 3.8) is 0 Å². The molecule has 1 aliphatic heterocycles. The van der Waals surface area contributed by atoms with Gasteiger partial charge in [0.2, 0.25) is 0 Å². The number of benzene rings is 1. The van der Waals surface area contributed by atoms with Gasteiger partial charge in [-0.15, -0.1) is 0 Å². The lowest BCUT2D eigenvalue weighted by molar-refractivity contribution is -0.384. The van der Waals surface area contributed by atoms with Crippen molar-refractivity contribution in [3.8, 4) is 0 Å². The number of thioether (sulfide) groups is 1. The minimum Gasteiger partial charge on any atom is -0.461 e. The molecule has 1 aromatic rings. The molecule has 0 amide bonds. The molecular formula is C13H13NO5S. The largest absolute Gasteiger partial charge is 0.461 e. The minimum atomic E-state index is -0.572. The van der Waals surface area contributed by atoms with E-state index < -0.39 is 16.3 Å². The second-order valence-corrected chi connectivity index (χ2v) is 5.54. The maximum atomic E-state index is 11.8. The molecule has 1 aromatic carbocycles. The van der Waals surface area contributed by atoms with Crippen molar-refractivity contribution in [3.05, 3.63) is 39.9 Å². The Morgan fingerprint density at radius 3 is 2.50 bits per heavy atom.